The average Bonchev–Trinajstić information content (AvgIpc) is 3.05. The van der Waals surface area contributed by atoms with Crippen molar-refractivity contribution in [1.29, 1.82) is 0 Å². The normalized spacial score (nSPS) is 11.4. The van der Waals surface area contributed by atoms with Crippen molar-refractivity contribution in [2.24, 2.45) is 0 Å². The molecule has 0 saturated heterocycles. The maximum Gasteiger partial charge on any atom is 0.307 e. The zero-order chi connectivity index (χ0) is 17.3. The Balaban J connectivity index is 1.84. The lowest BCUT2D eigenvalue weighted by atomic mass is 10.1. The van der Waals surface area contributed by atoms with E-state index in [1.165, 1.54) is 10.9 Å². The van der Waals surface area contributed by atoms with E-state index in [0.717, 1.165) is 17.1 Å². The maximum atomic E-state index is 12.6. The van der Waals surface area contributed by atoms with Gasteiger partial charge in [0.25, 0.3) is 5.91 Å². The molecule has 2 heterocycles. The number of fused-ring (bicyclic) bond motifs is 1. The molecule has 24 heavy (non-hydrogen) atoms. The van der Waals surface area contributed by atoms with E-state index in [0.29, 0.717) is 5.82 Å². The van der Waals surface area contributed by atoms with Crippen LogP contribution in [0.2, 0.25) is 0 Å². The standard InChI is InChI=1S/C16H15N5O3/c1-16(2,20-10-12(9-17-20)21(23)24)15(22)19-14-8-7-11-5-3-4-6-13(11)18-14/h3-10H,1-2H3,(H,18,19,22). The van der Waals surface area contributed by atoms with Crippen molar-refractivity contribution in [1.82, 2.24) is 14.8 Å². The monoisotopic (exact) mass is 325 g/mol. The largest absolute Gasteiger partial charge is 0.309 e. The molecular weight excluding hydrogens is 310 g/mol. The predicted molar refractivity (Wildman–Crippen MR) is 88.6 cm³/mol. The third kappa shape index (κ3) is 2.81. The maximum absolute atomic E-state index is 12.6. The summed E-state index contributed by atoms with van der Waals surface area (Å²) >= 11 is 0. The predicted octanol–water partition coefficient (Wildman–Crippen LogP) is 2.71. The molecule has 122 valence electrons. The minimum absolute atomic E-state index is 0.167. The lowest BCUT2D eigenvalue weighted by Crippen LogP contribution is -2.40. The Morgan fingerprint density at radius 2 is 2.00 bits per heavy atom. The van der Waals surface area contributed by atoms with E-state index in [1.807, 2.05) is 30.3 Å². The van der Waals surface area contributed by atoms with E-state index in [-0.39, 0.29) is 11.6 Å². The molecule has 1 aromatic carbocycles. The zero-order valence-corrected chi connectivity index (χ0v) is 13.1. The number of nitrogens with one attached hydrogen (secondary N) is 1. The van der Waals surface area contributed by atoms with E-state index < -0.39 is 10.5 Å². The highest BCUT2D eigenvalue weighted by Gasteiger charge is 2.32. The van der Waals surface area contributed by atoms with Crippen molar-refractivity contribution >= 4 is 28.3 Å². The number of nitro groups is 1. The van der Waals surface area contributed by atoms with Crippen LogP contribution >= 0.6 is 0 Å². The van der Waals surface area contributed by atoms with E-state index in [1.54, 1.807) is 19.9 Å². The highest BCUT2D eigenvalue weighted by atomic mass is 16.6. The van der Waals surface area contributed by atoms with Crippen LogP contribution < -0.4 is 5.32 Å². The smallest absolute Gasteiger partial charge is 0.307 e. The van der Waals surface area contributed by atoms with Gasteiger partial charge in [-0.3, -0.25) is 19.6 Å². The minimum atomic E-state index is -1.11. The summed E-state index contributed by atoms with van der Waals surface area (Å²) in [6, 6.07) is 11.1. The van der Waals surface area contributed by atoms with Gasteiger partial charge in [0.1, 0.15) is 23.8 Å². The summed E-state index contributed by atoms with van der Waals surface area (Å²) in [7, 11) is 0. The number of hydrogen-bond donors (Lipinski definition) is 1. The summed E-state index contributed by atoms with van der Waals surface area (Å²) in [4.78, 5) is 27.2. The zero-order valence-electron chi connectivity index (χ0n) is 13.1. The van der Waals surface area contributed by atoms with Crippen molar-refractivity contribution in [3.63, 3.8) is 0 Å². The average molecular weight is 325 g/mol. The lowest BCUT2D eigenvalue weighted by molar-refractivity contribution is -0.385. The summed E-state index contributed by atoms with van der Waals surface area (Å²) in [5.41, 5.74) is -0.510. The molecule has 3 aromatic rings. The van der Waals surface area contributed by atoms with Gasteiger partial charge in [-0.2, -0.15) is 5.10 Å². The van der Waals surface area contributed by atoms with Gasteiger partial charge < -0.3 is 5.32 Å². The van der Waals surface area contributed by atoms with Gasteiger partial charge in [-0.05, 0) is 32.0 Å². The second-order valence-corrected chi connectivity index (χ2v) is 5.80. The van der Waals surface area contributed by atoms with E-state index in [9.17, 15) is 14.9 Å². The van der Waals surface area contributed by atoms with Crippen LogP contribution in [0.4, 0.5) is 11.5 Å². The van der Waals surface area contributed by atoms with E-state index in [4.69, 9.17) is 0 Å². The van der Waals surface area contributed by atoms with Crippen molar-refractivity contribution in [2.75, 3.05) is 5.32 Å². The molecule has 0 unspecified atom stereocenters. The fourth-order valence-corrected chi connectivity index (χ4v) is 2.22. The molecule has 1 N–H and O–H groups in total. The van der Waals surface area contributed by atoms with Gasteiger partial charge in [-0.15, -0.1) is 0 Å². The molecule has 8 heteroatoms. The molecule has 0 aliphatic heterocycles. The molecule has 0 fully saturated rings. The number of rotatable bonds is 4. The van der Waals surface area contributed by atoms with Crippen LogP contribution in [0, 0.1) is 10.1 Å². The van der Waals surface area contributed by atoms with Gasteiger partial charge in [0.2, 0.25) is 0 Å². The first-order valence-corrected chi connectivity index (χ1v) is 7.25. The first-order chi connectivity index (χ1) is 11.4. The number of pyridine rings is 1. The number of nitrogens with zero attached hydrogens (tertiary/aromatic N) is 4. The molecule has 0 bridgehead atoms. The highest BCUT2D eigenvalue weighted by Crippen LogP contribution is 2.21. The molecule has 0 radical (unpaired) electrons. The van der Waals surface area contributed by atoms with Gasteiger partial charge in [0.15, 0.2) is 0 Å². The molecule has 0 aliphatic rings. The Morgan fingerprint density at radius 1 is 1.25 bits per heavy atom. The fourth-order valence-electron chi connectivity index (χ4n) is 2.22. The Kier molecular flexibility index (Phi) is 3.72. The molecular formula is C16H15N5O3. The molecule has 8 nitrogen and oxygen atoms in total. The third-order valence-electron chi connectivity index (χ3n) is 3.75. The summed E-state index contributed by atoms with van der Waals surface area (Å²) in [5, 5.41) is 18.4. The Hall–Kier alpha value is -3.29. The Bertz CT molecular complexity index is 932. The number of aromatic nitrogens is 3. The Labute approximate surface area is 137 Å². The lowest BCUT2D eigenvalue weighted by Gasteiger charge is -2.23. The molecule has 1 amide bonds. The van der Waals surface area contributed by atoms with Crippen LogP contribution in [0.5, 0.6) is 0 Å². The molecule has 3 rings (SSSR count). The highest BCUT2D eigenvalue weighted by molar-refractivity contribution is 5.96. The van der Waals surface area contributed by atoms with Crippen molar-refractivity contribution in [3.8, 4) is 0 Å². The topological polar surface area (TPSA) is 103 Å². The minimum Gasteiger partial charge on any atom is -0.309 e. The fraction of sp³-hybridized carbons (Fsp3) is 0.188. The second kappa shape index (κ2) is 5.73. The molecule has 0 atom stereocenters. The number of anilines is 1. The number of amides is 1. The van der Waals surface area contributed by atoms with Crippen LogP contribution in [0.15, 0.2) is 48.8 Å². The van der Waals surface area contributed by atoms with Crippen LogP contribution in [0.25, 0.3) is 10.9 Å². The van der Waals surface area contributed by atoms with Crippen LogP contribution in [0.3, 0.4) is 0 Å². The number of para-hydroxylation sites is 1. The SMILES string of the molecule is CC(C)(C(=O)Nc1ccc2ccccc2n1)n1cc([N+](=O)[O-])cn1. The molecule has 2 aromatic heterocycles. The van der Waals surface area contributed by atoms with Crippen LogP contribution in [-0.4, -0.2) is 25.6 Å². The summed E-state index contributed by atoms with van der Waals surface area (Å²) in [5.74, 6) is 0.0386. The van der Waals surface area contributed by atoms with Gasteiger partial charge in [0, 0.05) is 5.39 Å². The van der Waals surface area contributed by atoms with Crippen LogP contribution in [0.1, 0.15) is 13.8 Å². The summed E-state index contributed by atoms with van der Waals surface area (Å²) < 4.78 is 1.27. The quantitative estimate of drug-likeness (QED) is 0.587. The van der Waals surface area contributed by atoms with Crippen molar-refractivity contribution < 1.29 is 9.72 Å². The van der Waals surface area contributed by atoms with Crippen LogP contribution in [-0.2, 0) is 10.3 Å². The summed E-state index contributed by atoms with van der Waals surface area (Å²) in [6.45, 7) is 3.25. The number of carbonyl (C=O) groups excluding carboxylic acids is 1. The van der Waals surface area contributed by atoms with Crippen molar-refractivity contribution in [3.05, 3.63) is 58.9 Å². The van der Waals surface area contributed by atoms with Gasteiger partial charge in [0.05, 0.1) is 10.4 Å². The third-order valence-corrected chi connectivity index (χ3v) is 3.75. The molecule has 0 saturated carbocycles. The first kappa shape index (κ1) is 15.6. The van der Waals surface area contributed by atoms with Gasteiger partial charge in [-0.1, -0.05) is 18.2 Å². The first-order valence-electron chi connectivity index (χ1n) is 7.25. The van der Waals surface area contributed by atoms with E-state index >= 15 is 0 Å². The summed E-state index contributed by atoms with van der Waals surface area (Å²) in [6.07, 6.45) is 2.34. The molecule has 0 spiro atoms. The number of carbonyl (C=O) groups is 1. The van der Waals surface area contributed by atoms with Gasteiger partial charge in [-0.25, -0.2) is 4.98 Å². The van der Waals surface area contributed by atoms with E-state index in [2.05, 4.69) is 15.4 Å². The van der Waals surface area contributed by atoms with Gasteiger partial charge >= 0.3 is 5.69 Å². The second-order valence-electron chi connectivity index (χ2n) is 5.80. The Morgan fingerprint density at radius 3 is 2.71 bits per heavy atom. The van der Waals surface area contributed by atoms with Crippen molar-refractivity contribution in [2.45, 2.75) is 19.4 Å². The number of benzene rings is 1. The molecule has 0 aliphatic carbocycles. The number of hydrogen-bond acceptors (Lipinski definition) is 5.